The fourth-order valence-electron chi connectivity index (χ4n) is 3.46. The molecule has 0 radical (unpaired) electrons. The van der Waals surface area contributed by atoms with Gasteiger partial charge in [0, 0.05) is 29.0 Å². The second-order valence-electron chi connectivity index (χ2n) is 5.49. The van der Waals surface area contributed by atoms with Crippen molar-refractivity contribution in [2.75, 3.05) is 5.32 Å². The molecule has 0 fully saturated rings. The van der Waals surface area contributed by atoms with E-state index in [0.717, 1.165) is 11.4 Å². The van der Waals surface area contributed by atoms with Crippen molar-refractivity contribution < 1.29 is 0 Å². The zero-order valence-corrected chi connectivity index (χ0v) is 11.7. The highest BCUT2D eigenvalue weighted by atomic mass is 35.5. The number of halogens is 1. The van der Waals surface area contributed by atoms with Crippen LogP contribution in [0.25, 0.3) is 0 Å². The molecule has 4 rings (SSSR count). The number of allylic oxidation sites excluding steroid dienone is 2. The van der Waals surface area contributed by atoms with Crippen LogP contribution in [0.5, 0.6) is 0 Å². The van der Waals surface area contributed by atoms with Crippen molar-refractivity contribution in [1.29, 1.82) is 0 Å². The minimum absolute atomic E-state index is 0.317. The molecule has 1 N–H and O–H groups in total. The topological polar surface area (TPSA) is 24.9 Å². The number of hydrogen-bond acceptors (Lipinski definition) is 2. The minimum atomic E-state index is 0.317. The van der Waals surface area contributed by atoms with Crippen molar-refractivity contribution in [3.8, 4) is 0 Å². The van der Waals surface area contributed by atoms with Crippen LogP contribution in [-0.4, -0.2) is 4.98 Å². The van der Waals surface area contributed by atoms with Gasteiger partial charge < -0.3 is 5.32 Å². The van der Waals surface area contributed by atoms with Gasteiger partial charge in [0.25, 0.3) is 0 Å². The Bertz CT molecular complexity index is 666. The van der Waals surface area contributed by atoms with Crippen molar-refractivity contribution in [2.45, 2.75) is 18.4 Å². The van der Waals surface area contributed by atoms with Gasteiger partial charge in [-0.25, -0.2) is 0 Å². The molecule has 100 valence electrons. The molecule has 2 aromatic rings. The van der Waals surface area contributed by atoms with Crippen LogP contribution < -0.4 is 5.32 Å². The molecular formula is C17H15ClN2. The van der Waals surface area contributed by atoms with Gasteiger partial charge in [-0.15, -0.1) is 0 Å². The molecule has 1 aromatic heterocycles. The van der Waals surface area contributed by atoms with Gasteiger partial charge in [-0.3, -0.25) is 4.98 Å². The van der Waals surface area contributed by atoms with E-state index in [1.54, 1.807) is 0 Å². The zero-order valence-electron chi connectivity index (χ0n) is 11.0. The highest BCUT2D eigenvalue weighted by Crippen LogP contribution is 2.50. The maximum absolute atomic E-state index is 6.16. The van der Waals surface area contributed by atoms with Crippen molar-refractivity contribution in [3.05, 3.63) is 71.0 Å². The molecule has 0 bridgehead atoms. The van der Waals surface area contributed by atoms with E-state index in [-0.39, 0.29) is 0 Å². The van der Waals surface area contributed by atoms with Crippen LogP contribution in [0.2, 0.25) is 5.02 Å². The fraction of sp³-hybridized carbons (Fsp3) is 0.235. The summed E-state index contributed by atoms with van der Waals surface area (Å²) in [6.45, 7) is 0. The molecule has 1 aromatic carbocycles. The van der Waals surface area contributed by atoms with Crippen LogP contribution in [0.3, 0.4) is 0 Å². The second-order valence-corrected chi connectivity index (χ2v) is 5.93. The molecule has 3 atom stereocenters. The molecule has 1 aliphatic heterocycles. The smallest absolute Gasteiger partial charge is 0.0569 e. The first kappa shape index (κ1) is 12.0. The maximum Gasteiger partial charge on any atom is 0.0569 e. The molecule has 20 heavy (non-hydrogen) atoms. The van der Waals surface area contributed by atoms with Gasteiger partial charge in [-0.2, -0.15) is 0 Å². The molecule has 0 saturated heterocycles. The summed E-state index contributed by atoms with van der Waals surface area (Å²) in [6, 6.07) is 10.6. The number of rotatable bonds is 1. The first-order chi connectivity index (χ1) is 9.83. The molecule has 2 aliphatic rings. The fourth-order valence-corrected chi connectivity index (χ4v) is 3.64. The summed E-state index contributed by atoms with van der Waals surface area (Å²) in [6.07, 6.45) is 9.50. The van der Waals surface area contributed by atoms with E-state index in [2.05, 4.69) is 40.7 Å². The number of hydrogen-bond donors (Lipinski definition) is 1. The van der Waals surface area contributed by atoms with Gasteiger partial charge in [0.1, 0.15) is 0 Å². The molecule has 1 aliphatic carbocycles. The number of aromatic nitrogens is 1. The molecule has 0 amide bonds. The average molecular weight is 283 g/mol. The van der Waals surface area contributed by atoms with Crippen molar-refractivity contribution in [1.82, 2.24) is 4.98 Å². The van der Waals surface area contributed by atoms with Crippen LogP contribution in [0, 0.1) is 5.92 Å². The zero-order chi connectivity index (χ0) is 13.5. The lowest BCUT2D eigenvalue weighted by Crippen LogP contribution is -2.29. The lowest BCUT2D eigenvalue weighted by atomic mass is 9.77. The molecule has 2 nitrogen and oxygen atoms in total. The first-order valence-corrected chi connectivity index (χ1v) is 7.33. The Hall–Kier alpha value is -1.80. The van der Waals surface area contributed by atoms with E-state index in [1.165, 1.54) is 16.8 Å². The Morgan fingerprint density at radius 1 is 1.25 bits per heavy atom. The summed E-state index contributed by atoms with van der Waals surface area (Å²) in [5.41, 5.74) is 3.76. The van der Waals surface area contributed by atoms with Crippen molar-refractivity contribution in [3.63, 3.8) is 0 Å². The third-order valence-electron chi connectivity index (χ3n) is 4.37. The van der Waals surface area contributed by atoms with E-state index in [9.17, 15) is 0 Å². The molecule has 0 spiro atoms. The van der Waals surface area contributed by atoms with Crippen LogP contribution in [0.4, 0.5) is 5.69 Å². The monoisotopic (exact) mass is 282 g/mol. The van der Waals surface area contributed by atoms with Crippen LogP contribution >= 0.6 is 11.6 Å². The van der Waals surface area contributed by atoms with Gasteiger partial charge in [-0.05, 0) is 47.7 Å². The summed E-state index contributed by atoms with van der Waals surface area (Å²) < 4.78 is 0. The van der Waals surface area contributed by atoms with E-state index in [4.69, 9.17) is 11.6 Å². The van der Waals surface area contributed by atoms with Crippen molar-refractivity contribution in [2.24, 2.45) is 5.92 Å². The third-order valence-corrected chi connectivity index (χ3v) is 4.60. The maximum atomic E-state index is 6.16. The van der Waals surface area contributed by atoms with Gasteiger partial charge in [0.05, 0.1) is 6.04 Å². The average Bonchev–Trinajstić information content (AvgIpc) is 2.97. The van der Waals surface area contributed by atoms with Crippen LogP contribution in [-0.2, 0) is 0 Å². The van der Waals surface area contributed by atoms with E-state index in [1.807, 2.05) is 24.5 Å². The second kappa shape index (κ2) is 4.64. The Labute approximate surface area is 123 Å². The number of benzene rings is 1. The van der Waals surface area contributed by atoms with E-state index < -0.39 is 0 Å². The summed E-state index contributed by atoms with van der Waals surface area (Å²) >= 11 is 6.16. The summed E-state index contributed by atoms with van der Waals surface area (Å²) in [5, 5.41) is 4.48. The number of anilines is 1. The van der Waals surface area contributed by atoms with Crippen LogP contribution in [0.1, 0.15) is 29.5 Å². The minimum Gasteiger partial charge on any atom is -0.378 e. The largest absolute Gasteiger partial charge is 0.378 e. The van der Waals surface area contributed by atoms with Gasteiger partial charge in [-0.1, -0.05) is 29.8 Å². The Morgan fingerprint density at radius 2 is 2.20 bits per heavy atom. The summed E-state index contributed by atoms with van der Waals surface area (Å²) in [7, 11) is 0. The normalized spacial score (nSPS) is 26.8. The lowest BCUT2D eigenvalue weighted by molar-refractivity contribution is 0.425. The standard InChI is InChI=1S/C17H15ClN2/c18-12-6-7-16-15(9-12)13-4-1-5-14(13)17(20-16)11-3-2-8-19-10-11/h1-4,6-10,13-14,17,20H,5H2/t13-,14-,17+/m0/s1. The molecule has 0 saturated carbocycles. The Balaban J connectivity index is 1.80. The van der Waals surface area contributed by atoms with Crippen molar-refractivity contribution >= 4 is 17.3 Å². The highest BCUT2D eigenvalue weighted by molar-refractivity contribution is 6.30. The van der Waals surface area contributed by atoms with E-state index >= 15 is 0 Å². The predicted molar refractivity (Wildman–Crippen MR) is 82.0 cm³/mol. The lowest BCUT2D eigenvalue weighted by Gasteiger charge is -2.37. The SMILES string of the molecule is Clc1ccc2c(c1)[C@H]1C=CC[C@@H]1[C@@H](c1cccnc1)N2. The molecule has 3 heteroatoms. The quantitative estimate of drug-likeness (QED) is 0.776. The Kier molecular flexibility index (Phi) is 2.78. The van der Waals surface area contributed by atoms with Crippen LogP contribution in [0.15, 0.2) is 54.9 Å². The van der Waals surface area contributed by atoms with Gasteiger partial charge in [0.2, 0.25) is 0 Å². The molecule has 2 heterocycles. The highest BCUT2D eigenvalue weighted by Gasteiger charge is 2.37. The number of pyridine rings is 1. The first-order valence-electron chi connectivity index (χ1n) is 6.95. The molecular weight excluding hydrogens is 268 g/mol. The van der Waals surface area contributed by atoms with Gasteiger partial charge >= 0.3 is 0 Å². The number of nitrogens with zero attached hydrogens (tertiary/aromatic N) is 1. The summed E-state index contributed by atoms with van der Waals surface area (Å²) in [5.74, 6) is 1.00. The third kappa shape index (κ3) is 1.83. The molecule has 0 unspecified atom stereocenters. The number of nitrogens with one attached hydrogen (secondary N) is 1. The van der Waals surface area contributed by atoms with E-state index in [0.29, 0.717) is 17.9 Å². The van der Waals surface area contributed by atoms with Gasteiger partial charge in [0.15, 0.2) is 0 Å². The Morgan fingerprint density at radius 3 is 3.05 bits per heavy atom. The number of fused-ring (bicyclic) bond motifs is 3. The predicted octanol–water partition coefficient (Wildman–Crippen LogP) is 4.56. The summed E-state index contributed by atoms with van der Waals surface area (Å²) in [4.78, 5) is 4.26.